The number of pyridine rings is 1. The van der Waals surface area contributed by atoms with Crippen molar-refractivity contribution in [1.82, 2.24) is 14.5 Å². The average Bonchev–Trinajstić information content (AvgIpc) is 2.84. The molecule has 0 radical (unpaired) electrons. The van der Waals surface area contributed by atoms with Crippen LogP contribution in [0.4, 0.5) is 5.69 Å². The molecule has 2 aromatic heterocycles. The van der Waals surface area contributed by atoms with Crippen LogP contribution >= 0.6 is 11.6 Å². The van der Waals surface area contributed by atoms with Gasteiger partial charge in [-0.3, -0.25) is 0 Å². The molecule has 0 aliphatic heterocycles. The summed E-state index contributed by atoms with van der Waals surface area (Å²) in [6, 6.07) is 11.9. The van der Waals surface area contributed by atoms with E-state index in [1.165, 1.54) is 0 Å². The molecule has 2 heterocycles. The zero-order valence-electron chi connectivity index (χ0n) is 11.2. The van der Waals surface area contributed by atoms with Crippen LogP contribution < -0.4 is 5.32 Å². The second kappa shape index (κ2) is 5.51. The minimum Gasteiger partial charge on any atom is -0.375 e. The van der Waals surface area contributed by atoms with E-state index in [-0.39, 0.29) is 0 Å². The molecule has 0 bridgehead atoms. The number of benzene rings is 1. The van der Waals surface area contributed by atoms with Gasteiger partial charge in [-0.05, 0) is 31.2 Å². The smallest absolute Gasteiger partial charge is 0.152 e. The lowest BCUT2D eigenvalue weighted by Crippen LogP contribution is -2.08. The average molecular weight is 287 g/mol. The van der Waals surface area contributed by atoms with Crippen LogP contribution in [0.25, 0.3) is 11.0 Å². The van der Waals surface area contributed by atoms with Gasteiger partial charge in [0.25, 0.3) is 0 Å². The number of halogens is 1. The number of nitrogens with one attached hydrogen (secondary N) is 1. The van der Waals surface area contributed by atoms with Gasteiger partial charge in [0.2, 0.25) is 0 Å². The summed E-state index contributed by atoms with van der Waals surface area (Å²) >= 11 is 6.04. The predicted molar refractivity (Wildman–Crippen MR) is 82.0 cm³/mol. The fraction of sp³-hybridized carbons (Fsp3) is 0.200. The molecule has 1 aromatic carbocycles. The molecule has 0 unspecified atom stereocenters. The summed E-state index contributed by atoms with van der Waals surface area (Å²) in [4.78, 5) is 8.72. The number of fused-ring (bicyclic) bond motifs is 1. The predicted octanol–water partition coefficient (Wildman–Crippen LogP) is 3.72. The van der Waals surface area contributed by atoms with Gasteiger partial charge in [0.15, 0.2) is 5.15 Å². The summed E-state index contributed by atoms with van der Waals surface area (Å²) in [5, 5.41) is 3.77. The first-order chi connectivity index (χ1) is 9.79. The zero-order chi connectivity index (χ0) is 13.9. The van der Waals surface area contributed by atoms with Crippen LogP contribution in [0.5, 0.6) is 0 Å². The molecular weight excluding hydrogens is 272 g/mol. The third-order valence-corrected chi connectivity index (χ3v) is 3.55. The molecule has 0 fully saturated rings. The first-order valence-electron chi connectivity index (χ1n) is 6.58. The normalized spacial score (nSPS) is 10.9. The molecular formula is C15H15ClN4. The molecule has 102 valence electrons. The zero-order valence-corrected chi connectivity index (χ0v) is 11.9. The van der Waals surface area contributed by atoms with Gasteiger partial charge in [0, 0.05) is 12.7 Å². The molecule has 0 aliphatic rings. The van der Waals surface area contributed by atoms with E-state index >= 15 is 0 Å². The largest absolute Gasteiger partial charge is 0.375 e. The van der Waals surface area contributed by atoms with Crippen molar-refractivity contribution in [1.29, 1.82) is 0 Å². The number of nitrogens with zero attached hydrogens (tertiary/aromatic N) is 3. The van der Waals surface area contributed by atoms with E-state index in [9.17, 15) is 0 Å². The molecule has 0 saturated heterocycles. The third-order valence-electron chi connectivity index (χ3n) is 3.25. The van der Waals surface area contributed by atoms with Gasteiger partial charge in [-0.25, -0.2) is 9.97 Å². The van der Waals surface area contributed by atoms with Crippen molar-refractivity contribution < 1.29 is 0 Å². The lowest BCUT2D eigenvalue weighted by molar-refractivity contribution is 0.729. The van der Waals surface area contributed by atoms with Gasteiger partial charge in [-0.1, -0.05) is 23.7 Å². The minimum absolute atomic E-state index is 0.478. The quantitative estimate of drug-likeness (QED) is 0.743. The second-order valence-corrected chi connectivity index (χ2v) is 4.81. The van der Waals surface area contributed by atoms with E-state index < -0.39 is 0 Å². The maximum absolute atomic E-state index is 6.04. The van der Waals surface area contributed by atoms with Gasteiger partial charge in [0.1, 0.15) is 5.82 Å². The van der Waals surface area contributed by atoms with Crippen molar-refractivity contribution >= 4 is 28.3 Å². The summed E-state index contributed by atoms with van der Waals surface area (Å²) in [5.41, 5.74) is 3.00. The fourth-order valence-corrected chi connectivity index (χ4v) is 2.49. The van der Waals surface area contributed by atoms with Crippen LogP contribution in [-0.2, 0) is 13.1 Å². The number of aromatic nitrogens is 3. The van der Waals surface area contributed by atoms with E-state index in [2.05, 4.69) is 32.8 Å². The highest BCUT2D eigenvalue weighted by Crippen LogP contribution is 2.20. The van der Waals surface area contributed by atoms with E-state index in [1.54, 1.807) is 6.20 Å². The van der Waals surface area contributed by atoms with Gasteiger partial charge < -0.3 is 9.88 Å². The van der Waals surface area contributed by atoms with Crippen LogP contribution in [0.3, 0.4) is 0 Å². The maximum Gasteiger partial charge on any atom is 0.152 e. The Labute approximate surface area is 122 Å². The molecule has 0 amide bonds. The van der Waals surface area contributed by atoms with Gasteiger partial charge >= 0.3 is 0 Å². The van der Waals surface area contributed by atoms with Gasteiger partial charge in [-0.2, -0.15) is 0 Å². The van der Waals surface area contributed by atoms with Crippen molar-refractivity contribution in [3.05, 3.63) is 53.6 Å². The lowest BCUT2D eigenvalue weighted by atomic mass is 10.3. The number of rotatable bonds is 4. The van der Waals surface area contributed by atoms with Crippen molar-refractivity contribution in [2.45, 2.75) is 20.0 Å². The van der Waals surface area contributed by atoms with Gasteiger partial charge in [-0.15, -0.1) is 0 Å². The molecule has 0 saturated carbocycles. The summed E-state index contributed by atoms with van der Waals surface area (Å²) in [6.07, 6.45) is 1.68. The molecule has 4 nitrogen and oxygen atoms in total. The Balaban J connectivity index is 1.89. The summed E-state index contributed by atoms with van der Waals surface area (Å²) < 4.78 is 2.20. The lowest BCUT2D eigenvalue weighted by Gasteiger charge is -2.09. The van der Waals surface area contributed by atoms with Gasteiger partial charge in [0.05, 0.1) is 23.3 Å². The summed E-state index contributed by atoms with van der Waals surface area (Å²) in [6.45, 7) is 3.63. The third kappa shape index (κ3) is 2.34. The van der Waals surface area contributed by atoms with Crippen LogP contribution in [-0.4, -0.2) is 14.5 Å². The first-order valence-corrected chi connectivity index (χ1v) is 6.96. The van der Waals surface area contributed by atoms with E-state index in [4.69, 9.17) is 11.6 Å². The topological polar surface area (TPSA) is 42.7 Å². The van der Waals surface area contributed by atoms with E-state index in [0.717, 1.165) is 29.1 Å². The van der Waals surface area contributed by atoms with Crippen LogP contribution in [0, 0.1) is 0 Å². The van der Waals surface area contributed by atoms with Crippen molar-refractivity contribution in [3.63, 3.8) is 0 Å². The highest BCUT2D eigenvalue weighted by atomic mass is 35.5. The Hall–Kier alpha value is -2.07. The van der Waals surface area contributed by atoms with E-state index in [1.807, 2.05) is 30.3 Å². The number of hydrogen-bond donors (Lipinski definition) is 1. The van der Waals surface area contributed by atoms with Crippen LogP contribution in [0.15, 0.2) is 42.6 Å². The Bertz CT molecular complexity index is 736. The standard InChI is InChI=1S/C15H15ClN4/c1-2-20-13-8-4-3-6-11(13)19-14(20)10-18-12-7-5-9-17-15(12)16/h3-9,18H,2,10H2,1H3. The SMILES string of the molecule is CCn1c(CNc2cccnc2Cl)nc2ccccc21. The Morgan fingerprint density at radius 3 is 2.85 bits per heavy atom. The van der Waals surface area contributed by atoms with Crippen molar-refractivity contribution in [2.24, 2.45) is 0 Å². The molecule has 1 N–H and O–H groups in total. The number of anilines is 1. The molecule has 0 spiro atoms. The minimum atomic E-state index is 0.478. The molecule has 0 aliphatic carbocycles. The van der Waals surface area contributed by atoms with E-state index in [0.29, 0.717) is 11.7 Å². The number of imidazole rings is 1. The van der Waals surface area contributed by atoms with Crippen molar-refractivity contribution in [3.8, 4) is 0 Å². The monoisotopic (exact) mass is 286 g/mol. The van der Waals surface area contributed by atoms with Crippen LogP contribution in [0.2, 0.25) is 5.15 Å². The summed E-state index contributed by atoms with van der Waals surface area (Å²) in [5.74, 6) is 0.994. The van der Waals surface area contributed by atoms with Crippen molar-refractivity contribution in [2.75, 3.05) is 5.32 Å². The number of hydrogen-bond acceptors (Lipinski definition) is 3. The maximum atomic E-state index is 6.04. The Morgan fingerprint density at radius 1 is 1.20 bits per heavy atom. The Kier molecular flexibility index (Phi) is 3.56. The highest BCUT2D eigenvalue weighted by Gasteiger charge is 2.09. The van der Waals surface area contributed by atoms with Crippen LogP contribution in [0.1, 0.15) is 12.7 Å². The molecule has 3 rings (SSSR count). The second-order valence-electron chi connectivity index (χ2n) is 4.46. The summed E-state index contributed by atoms with van der Waals surface area (Å²) in [7, 11) is 0. The fourth-order valence-electron chi connectivity index (χ4n) is 2.31. The molecule has 5 heteroatoms. The Morgan fingerprint density at radius 2 is 2.05 bits per heavy atom. The first kappa shape index (κ1) is 12.9. The molecule has 20 heavy (non-hydrogen) atoms. The molecule has 0 atom stereocenters. The highest BCUT2D eigenvalue weighted by molar-refractivity contribution is 6.31. The number of aryl methyl sites for hydroxylation is 1. The molecule has 3 aromatic rings. The number of para-hydroxylation sites is 2.